The van der Waals surface area contributed by atoms with Crippen LogP contribution in [0.4, 0.5) is 5.69 Å². The van der Waals surface area contributed by atoms with E-state index in [-0.39, 0.29) is 6.04 Å². The third kappa shape index (κ3) is 2.84. The Kier molecular flexibility index (Phi) is 3.64. The Labute approximate surface area is 109 Å². The van der Waals surface area contributed by atoms with E-state index in [0.29, 0.717) is 23.0 Å². The molecule has 1 aromatic carbocycles. The van der Waals surface area contributed by atoms with Crippen molar-refractivity contribution in [3.63, 3.8) is 0 Å². The van der Waals surface area contributed by atoms with Crippen molar-refractivity contribution in [2.24, 2.45) is 5.92 Å². The summed E-state index contributed by atoms with van der Waals surface area (Å²) in [7, 11) is -3.39. The number of nitrogen functional groups attached to an aromatic ring is 1. The first kappa shape index (κ1) is 13.4. The molecule has 0 atom stereocenters. The minimum atomic E-state index is -3.39. The van der Waals surface area contributed by atoms with E-state index in [4.69, 9.17) is 5.73 Å². The first-order chi connectivity index (χ1) is 8.41. The van der Waals surface area contributed by atoms with Gasteiger partial charge in [0.2, 0.25) is 10.0 Å². The highest BCUT2D eigenvalue weighted by atomic mass is 32.2. The molecule has 1 aromatic rings. The van der Waals surface area contributed by atoms with Crippen LogP contribution in [0.3, 0.4) is 0 Å². The van der Waals surface area contributed by atoms with Gasteiger partial charge in [0.05, 0.1) is 4.90 Å². The van der Waals surface area contributed by atoms with Crippen molar-refractivity contribution < 1.29 is 8.42 Å². The molecule has 100 valence electrons. The summed E-state index contributed by atoms with van der Waals surface area (Å²) in [6, 6.07) is 6.39. The van der Waals surface area contributed by atoms with Gasteiger partial charge in [-0.25, -0.2) is 8.42 Å². The van der Waals surface area contributed by atoms with Gasteiger partial charge in [-0.1, -0.05) is 0 Å². The minimum absolute atomic E-state index is 0.0202. The first-order valence-electron chi connectivity index (χ1n) is 6.28. The SMILES string of the molecule is CC(C)N(CC1CC1)S(=O)(=O)c1ccc(N)cc1. The monoisotopic (exact) mass is 268 g/mol. The van der Waals surface area contributed by atoms with Crippen LogP contribution in [0.2, 0.25) is 0 Å². The van der Waals surface area contributed by atoms with Crippen molar-refractivity contribution in [1.29, 1.82) is 0 Å². The molecule has 2 rings (SSSR count). The summed E-state index contributed by atoms with van der Waals surface area (Å²) in [6.07, 6.45) is 2.28. The number of benzene rings is 1. The molecule has 0 saturated heterocycles. The van der Waals surface area contributed by atoms with Crippen molar-refractivity contribution >= 4 is 15.7 Å². The zero-order valence-electron chi connectivity index (χ0n) is 10.8. The zero-order chi connectivity index (χ0) is 13.3. The van der Waals surface area contributed by atoms with E-state index in [1.54, 1.807) is 28.6 Å². The van der Waals surface area contributed by atoms with E-state index in [9.17, 15) is 8.42 Å². The van der Waals surface area contributed by atoms with Crippen LogP contribution in [0.5, 0.6) is 0 Å². The van der Waals surface area contributed by atoms with Crippen LogP contribution in [0.15, 0.2) is 29.2 Å². The van der Waals surface area contributed by atoms with Gasteiger partial charge in [0.1, 0.15) is 0 Å². The van der Waals surface area contributed by atoms with Crippen molar-refractivity contribution in [2.75, 3.05) is 12.3 Å². The highest BCUT2D eigenvalue weighted by Crippen LogP contribution is 2.32. The van der Waals surface area contributed by atoms with Gasteiger partial charge in [0.25, 0.3) is 0 Å². The molecule has 0 amide bonds. The predicted octanol–water partition coefficient (Wildman–Crippen LogP) is 2.08. The molecular weight excluding hydrogens is 248 g/mol. The number of hydrogen-bond acceptors (Lipinski definition) is 3. The van der Waals surface area contributed by atoms with E-state index >= 15 is 0 Å². The van der Waals surface area contributed by atoms with Crippen molar-refractivity contribution in [1.82, 2.24) is 4.31 Å². The van der Waals surface area contributed by atoms with Crippen molar-refractivity contribution in [3.8, 4) is 0 Å². The molecule has 0 heterocycles. The van der Waals surface area contributed by atoms with E-state index in [0.717, 1.165) is 12.8 Å². The molecule has 0 aromatic heterocycles. The number of hydrogen-bond donors (Lipinski definition) is 1. The van der Waals surface area contributed by atoms with E-state index < -0.39 is 10.0 Å². The summed E-state index contributed by atoms with van der Waals surface area (Å²) in [5, 5.41) is 0. The maximum atomic E-state index is 12.5. The lowest BCUT2D eigenvalue weighted by Crippen LogP contribution is -2.38. The number of sulfonamides is 1. The highest BCUT2D eigenvalue weighted by molar-refractivity contribution is 7.89. The minimum Gasteiger partial charge on any atom is -0.399 e. The molecule has 0 aliphatic heterocycles. The lowest BCUT2D eigenvalue weighted by Gasteiger charge is -2.25. The largest absolute Gasteiger partial charge is 0.399 e. The second kappa shape index (κ2) is 4.90. The molecule has 5 heteroatoms. The number of anilines is 1. The molecule has 0 bridgehead atoms. The summed E-state index contributed by atoms with van der Waals surface area (Å²) < 4.78 is 26.7. The second-order valence-corrected chi connectivity index (χ2v) is 7.07. The quantitative estimate of drug-likeness (QED) is 0.832. The van der Waals surface area contributed by atoms with E-state index in [1.165, 1.54) is 0 Å². The molecule has 1 aliphatic carbocycles. The molecule has 1 aliphatic rings. The average molecular weight is 268 g/mol. The van der Waals surface area contributed by atoms with Crippen LogP contribution < -0.4 is 5.73 Å². The molecule has 1 saturated carbocycles. The van der Waals surface area contributed by atoms with Crippen LogP contribution in [0.25, 0.3) is 0 Å². The smallest absolute Gasteiger partial charge is 0.243 e. The molecule has 1 fully saturated rings. The highest BCUT2D eigenvalue weighted by Gasteiger charge is 2.33. The lowest BCUT2D eigenvalue weighted by atomic mass is 10.3. The third-order valence-corrected chi connectivity index (χ3v) is 5.25. The van der Waals surface area contributed by atoms with Gasteiger partial charge in [-0.2, -0.15) is 4.31 Å². The topological polar surface area (TPSA) is 63.4 Å². The van der Waals surface area contributed by atoms with Gasteiger partial charge in [-0.15, -0.1) is 0 Å². The number of rotatable bonds is 5. The fourth-order valence-electron chi connectivity index (χ4n) is 1.92. The van der Waals surface area contributed by atoms with Gasteiger partial charge >= 0.3 is 0 Å². The Bertz CT molecular complexity index is 504. The van der Waals surface area contributed by atoms with Crippen molar-refractivity contribution in [3.05, 3.63) is 24.3 Å². The average Bonchev–Trinajstić information content (AvgIpc) is 3.09. The summed E-state index contributed by atoms with van der Waals surface area (Å²) >= 11 is 0. The summed E-state index contributed by atoms with van der Waals surface area (Å²) in [5.41, 5.74) is 6.16. The van der Waals surface area contributed by atoms with Gasteiger partial charge in [-0.05, 0) is 56.9 Å². The van der Waals surface area contributed by atoms with E-state index in [1.807, 2.05) is 13.8 Å². The maximum absolute atomic E-state index is 12.5. The van der Waals surface area contributed by atoms with Crippen LogP contribution in [0.1, 0.15) is 26.7 Å². The van der Waals surface area contributed by atoms with Gasteiger partial charge in [-0.3, -0.25) is 0 Å². The molecule has 0 spiro atoms. The van der Waals surface area contributed by atoms with Crippen LogP contribution in [-0.4, -0.2) is 25.3 Å². The standard InChI is InChI=1S/C13H20N2O2S/c1-10(2)15(9-11-3-4-11)18(16,17)13-7-5-12(14)6-8-13/h5-8,10-11H,3-4,9,14H2,1-2H3. The summed E-state index contributed by atoms with van der Waals surface area (Å²) in [5.74, 6) is 0.538. The Morgan fingerprint density at radius 3 is 2.28 bits per heavy atom. The molecule has 0 unspecified atom stereocenters. The van der Waals surface area contributed by atoms with Gasteiger partial charge < -0.3 is 5.73 Å². The zero-order valence-corrected chi connectivity index (χ0v) is 11.7. The second-order valence-electron chi connectivity index (χ2n) is 5.18. The molecule has 4 nitrogen and oxygen atoms in total. The maximum Gasteiger partial charge on any atom is 0.243 e. The van der Waals surface area contributed by atoms with Gasteiger partial charge in [0.15, 0.2) is 0 Å². The van der Waals surface area contributed by atoms with Crippen LogP contribution in [0, 0.1) is 5.92 Å². The fourth-order valence-corrected chi connectivity index (χ4v) is 3.63. The lowest BCUT2D eigenvalue weighted by molar-refractivity contribution is 0.342. The molecule has 0 radical (unpaired) electrons. The summed E-state index contributed by atoms with van der Waals surface area (Å²) in [4.78, 5) is 0.325. The molecule has 18 heavy (non-hydrogen) atoms. The van der Waals surface area contributed by atoms with Crippen LogP contribution >= 0.6 is 0 Å². The Morgan fingerprint density at radius 2 is 1.83 bits per heavy atom. The normalized spacial score (nSPS) is 16.4. The number of nitrogens with two attached hydrogens (primary N) is 1. The summed E-state index contributed by atoms with van der Waals surface area (Å²) in [6.45, 7) is 4.46. The Morgan fingerprint density at radius 1 is 1.28 bits per heavy atom. The first-order valence-corrected chi connectivity index (χ1v) is 7.72. The predicted molar refractivity (Wildman–Crippen MR) is 72.6 cm³/mol. The Hall–Kier alpha value is -1.07. The fraction of sp³-hybridized carbons (Fsp3) is 0.538. The molecule has 2 N–H and O–H groups in total. The van der Waals surface area contributed by atoms with Gasteiger partial charge in [0, 0.05) is 18.3 Å². The van der Waals surface area contributed by atoms with E-state index in [2.05, 4.69) is 0 Å². The Balaban J connectivity index is 2.28. The third-order valence-electron chi connectivity index (χ3n) is 3.20. The number of nitrogens with zero attached hydrogens (tertiary/aromatic N) is 1. The van der Waals surface area contributed by atoms with Crippen molar-refractivity contribution in [2.45, 2.75) is 37.6 Å². The molecular formula is C13H20N2O2S. The van der Waals surface area contributed by atoms with Crippen LogP contribution in [-0.2, 0) is 10.0 Å².